The van der Waals surface area contributed by atoms with E-state index in [1.807, 2.05) is 30.3 Å². The number of oxazole rings is 1. The van der Waals surface area contributed by atoms with Crippen LogP contribution in [0.4, 0.5) is 5.69 Å². The molecule has 2 heterocycles. The first-order chi connectivity index (χ1) is 15.1. The minimum absolute atomic E-state index is 0.0323. The molecule has 2 aromatic carbocycles. The van der Waals surface area contributed by atoms with Crippen LogP contribution in [0.3, 0.4) is 0 Å². The molecule has 0 unspecified atom stereocenters. The summed E-state index contributed by atoms with van der Waals surface area (Å²) in [7, 11) is 0. The summed E-state index contributed by atoms with van der Waals surface area (Å²) in [6.07, 6.45) is 1.58. The Morgan fingerprint density at radius 2 is 1.74 bits per heavy atom. The molecule has 31 heavy (non-hydrogen) atoms. The monoisotopic (exact) mass is 415 g/mol. The number of carbonyl (C=O) groups excluding carboxylic acids is 2. The van der Waals surface area contributed by atoms with E-state index >= 15 is 0 Å². The first-order valence-corrected chi connectivity index (χ1v) is 9.81. The van der Waals surface area contributed by atoms with Crippen LogP contribution < -0.4 is 10.6 Å². The number of hydrogen-bond acceptors (Lipinski definition) is 5. The zero-order chi connectivity index (χ0) is 21.6. The van der Waals surface area contributed by atoms with Crippen LogP contribution in [0.25, 0.3) is 11.5 Å². The Morgan fingerprint density at radius 1 is 0.968 bits per heavy atom. The highest BCUT2D eigenvalue weighted by Gasteiger charge is 2.17. The predicted molar refractivity (Wildman–Crippen MR) is 115 cm³/mol. The van der Waals surface area contributed by atoms with E-state index in [1.165, 1.54) is 0 Å². The Labute approximate surface area is 179 Å². The van der Waals surface area contributed by atoms with Crippen LogP contribution >= 0.6 is 0 Å². The van der Waals surface area contributed by atoms with Crippen molar-refractivity contribution in [3.63, 3.8) is 0 Å². The van der Waals surface area contributed by atoms with Crippen LogP contribution in [0.1, 0.15) is 27.6 Å². The van der Waals surface area contributed by atoms with Gasteiger partial charge >= 0.3 is 0 Å². The number of aryl methyl sites for hydroxylation is 1. The second-order valence-corrected chi connectivity index (χ2v) is 6.92. The molecule has 7 nitrogen and oxygen atoms in total. The number of nitrogens with zero attached hydrogens (tertiary/aromatic N) is 1. The normalized spacial score (nSPS) is 10.6. The van der Waals surface area contributed by atoms with Gasteiger partial charge in [-0.15, -0.1) is 0 Å². The van der Waals surface area contributed by atoms with Crippen LogP contribution in [0.15, 0.2) is 81.8 Å². The lowest BCUT2D eigenvalue weighted by Crippen LogP contribution is -2.25. The van der Waals surface area contributed by atoms with Crippen molar-refractivity contribution in [1.82, 2.24) is 10.3 Å². The summed E-state index contributed by atoms with van der Waals surface area (Å²) in [5.41, 5.74) is 2.19. The molecule has 7 heteroatoms. The summed E-state index contributed by atoms with van der Waals surface area (Å²) in [5, 5.41) is 5.59. The molecule has 4 rings (SSSR count). The van der Waals surface area contributed by atoms with Crippen molar-refractivity contribution in [2.24, 2.45) is 0 Å². The maximum Gasteiger partial charge on any atom is 0.253 e. The summed E-state index contributed by atoms with van der Waals surface area (Å²) < 4.78 is 10.9. The Kier molecular flexibility index (Phi) is 5.93. The fraction of sp³-hybridized carbons (Fsp3) is 0.125. The van der Waals surface area contributed by atoms with Gasteiger partial charge in [-0.25, -0.2) is 4.98 Å². The minimum atomic E-state index is -0.309. The summed E-state index contributed by atoms with van der Waals surface area (Å²) in [6, 6.07) is 19.9. The molecule has 0 saturated carbocycles. The zero-order valence-electron chi connectivity index (χ0n) is 16.9. The molecule has 4 aromatic rings. The van der Waals surface area contributed by atoms with Crippen LogP contribution in [-0.4, -0.2) is 16.8 Å². The number of nitrogens with one attached hydrogen (secondary N) is 2. The van der Waals surface area contributed by atoms with E-state index in [9.17, 15) is 9.59 Å². The summed E-state index contributed by atoms with van der Waals surface area (Å²) in [6.45, 7) is 2.03. The van der Waals surface area contributed by atoms with Crippen molar-refractivity contribution in [3.8, 4) is 11.5 Å². The van der Waals surface area contributed by atoms with Crippen molar-refractivity contribution in [3.05, 3.63) is 95.8 Å². The summed E-state index contributed by atoms with van der Waals surface area (Å²) in [5.74, 6) is 1.10. The number of rotatable bonds is 7. The quantitative estimate of drug-likeness (QED) is 0.468. The van der Waals surface area contributed by atoms with Gasteiger partial charge in [0.05, 0.1) is 36.2 Å². The maximum atomic E-state index is 12.7. The van der Waals surface area contributed by atoms with E-state index in [0.717, 1.165) is 5.56 Å². The zero-order valence-corrected chi connectivity index (χ0v) is 16.9. The smallest absolute Gasteiger partial charge is 0.253 e. The molecule has 0 fully saturated rings. The van der Waals surface area contributed by atoms with Gasteiger partial charge in [0.2, 0.25) is 11.8 Å². The van der Waals surface area contributed by atoms with Gasteiger partial charge in [0, 0.05) is 5.56 Å². The average molecular weight is 415 g/mol. The standard InChI is InChI=1S/C24H21N3O4/c1-16-21(27-24(31-16)17-8-3-2-4-9-17)14-22(28)26-20-12-6-5-11-19(20)23(29)25-15-18-10-7-13-30-18/h2-13H,14-15H2,1H3,(H,25,29)(H,26,28). The van der Waals surface area contributed by atoms with Crippen molar-refractivity contribution in [2.45, 2.75) is 19.9 Å². The third-order valence-corrected chi connectivity index (χ3v) is 4.69. The van der Waals surface area contributed by atoms with Gasteiger partial charge in [-0.1, -0.05) is 30.3 Å². The third kappa shape index (κ3) is 4.90. The van der Waals surface area contributed by atoms with E-state index in [1.54, 1.807) is 49.6 Å². The summed E-state index contributed by atoms with van der Waals surface area (Å²) >= 11 is 0. The molecule has 0 aliphatic heterocycles. The second-order valence-electron chi connectivity index (χ2n) is 6.92. The molecule has 0 bridgehead atoms. The number of para-hydroxylation sites is 1. The molecule has 2 aromatic heterocycles. The van der Waals surface area contributed by atoms with Crippen LogP contribution in [0.2, 0.25) is 0 Å². The van der Waals surface area contributed by atoms with Crippen LogP contribution in [-0.2, 0) is 17.8 Å². The van der Waals surface area contributed by atoms with Crippen molar-refractivity contribution >= 4 is 17.5 Å². The molecule has 2 amide bonds. The lowest BCUT2D eigenvalue weighted by molar-refractivity contribution is -0.115. The molecule has 156 valence electrons. The Bertz CT molecular complexity index is 1180. The number of benzene rings is 2. The molecule has 0 radical (unpaired) electrons. The molecule has 0 saturated heterocycles. The van der Waals surface area contributed by atoms with Gasteiger partial charge in [-0.2, -0.15) is 0 Å². The lowest BCUT2D eigenvalue weighted by atomic mass is 10.1. The first-order valence-electron chi connectivity index (χ1n) is 9.81. The van der Waals surface area contributed by atoms with Crippen LogP contribution in [0.5, 0.6) is 0 Å². The number of aromatic nitrogens is 1. The van der Waals surface area contributed by atoms with E-state index < -0.39 is 0 Å². The minimum Gasteiger partial charge on any atom is -0.467 e. The predicted octanol–water partition coefficient (Wildman–Crippen LogP) is 4.35. The highest BCUT2D eigenvalue weighted by molar-refractivity contribution is 6.04. The van der Waals surface area contributed by atoms with E-state index in [-0.39, 0.29) is 24.8 Å². The molecule has 0 atom stereocenters. The maximum absolute atomic E-state index is 12.7. The van der Waals surface area contributed by atoms with Crippen molar-refractivity contribution < 1.29 is 18.4 Å². The molecule has 2 N–H and O–H groups in total. The second kappa shape index (κ2) is 9.13. The van der Waals surface area contributed by atoms with Crippen LogP contribution in [0, 0.1) is 6.92 Å². The van der Waals surface area contributed by atoms with E-state index in [4.69, 9.17) is 8.83 Å². The average Bonchev–Trinajstić information content (AvgIpc) is 3.43. The number of anilines is 1. The van der Waals surface area contributed by atoms with Gasteiger partial charge in [-0.3, -0.25) is 9.59 Å². The van der Waals surface area contributed by atoms with Crippen molar-refractivity contribution in [1.29, 1.82) is 0 Å². The van der Waals surface area contributed by atoms with Gasteiger partial charge < -0.3 is 19.5 Å². The summed E-state index contributed by atoms with van der Waals surface area (Å²) in [4.78, 5) is 29.7. The third-order valence-electron chi connectivity index (χ3n) is 4.69. The van der Waals surface area contributed by atoms with E-state index in [0.29, 0.717) is 34.4 Å². The fourth-order valence-electron chi connectivity index (χ4n) is 3.11. The fourth-order valence-corrected chi connectivity index (χ4v) is 3.11. The number of furan rings is 1. The highest BCUT2D eigenvalue weighted by Crippen LogP contribution is 2.22. The van der Waals surface area contributed by atoms with Gasteiger partial charge in [0.15, 0.2) is 0 Å². The van der Waals surface area contributed by atoms with E-state index in [2.05, 4.69) is 15.6 Å². The Hall–Kier alpha value is -4.13. The van der Waals surface area contributed by atoms with Crippen molar-refractivity contribution in [2.75, 3.05) is 5.32 Å². The topological polar surface area (TPSA) is 97.4 Å². The number of carbonyl (C=O) groups is 2. The molecule has 0 spiro atoms. The number of hydrogen-bond donors (Lipinski definition) is 2. The lowest BCUT2D eigenvalue weighted by Gasteiger charge is -2.10. The largest absolute Gasteiger partial charge is 0.467 e. The highest BCUT2D eigenvalue weighted by atomic mass is 16.4. The Morgan fingerprint density at radius 3 is 2.52 bits per heavy atom. The number of amides is 2. The SMILES string of the molecule is Cc1oc(-c2ccccc2)nc1CC(=O)Nc1ccccc1C(=O)NCc1ccco1. The molecule has 0 aliphatic rings. The molecular formula is C24H21N3O4. The van der Waals surface area contributed by atoms with Gasteiger partial charge in [0.25, 0.3) is 5.91 Å². The Balaban J connectivity index is 1.43. The molecular weight excluding hydrogens is 394 g/mol. The van der Waals surface area contributed by atoms with Gasteiger partial charge in [-0.05, 0) is 43.3 Å². The first kappa shape index (κ1) is 20.2. The van der Waals surface area contributed by atoms with Gasteiger partial charge in [0.1, 0.15) is 11.5 Å². The molecule has 0 aliphatic carbocycles.